The van der Waals surface area contributed by atoms with E-state index in [-0.39, 0.29) is 57.6 Å². The van der Waals surface area contributed by atoms with E-state index in [2.05, 4.69) is 55.4 Å². The van der Waals surface area contributed by atoms with Crippen molar-refractivity contribution < 1.29 is 19.4 Å². The predicted octanol–water partition coefficient (Wildman–Crippen LogP) is 6.25. The number of rotatable bonds is 3. The first-order valence-corrected chi connectivity index (χ1v) is 15.3. The van der Waals surface area contributed by atoms with E-state index >= 15 is 0 Å². The summed E-state index contributed by atoms with van der Waals surface area (Å²) in [5.41, 5.74) is 5.69. The van der Waals surface area contributed by atoms with Crippen LogP contribution in [0.25, 0.3) is 0 Å². The Bertz CT molecular complexity index is 916. The average molecular weight is 518 g/mol. The topological polar surface area (TPSA) is 81.8 Å². The van der Waals surface area contributed by atoms with Gasteiger partial charge in [0, 0.05) is 5.41 Å². The van der Waals surface area contributed by atoms with Crippen LogP contribution in [0.1, 0.15) is 120 Å². The number of aliphatic hydroxyl groups excluding tert-OH is 1. The van der Waals surface area contributed by atoms with Crippen molar-refractivity contribution in [3.05, 3.63) is 0 Å². The maximum Gasteiger partial charge on any atom is 0.319 e. The molecule has 5 aliphatic rings. The van der Waals surface area contributed by atoms with Crippen molar-refractivity contribution in [2.75, 3.05) is 6.54 Å². The minimum Gasteiger partial charge on any atom is -0.461 e. The van der Waals surface area contributed by atoms with Crippen LogP contribution in [-0.4, -0.2) is 41.0 Å². The van der Waals surface area contributed by atoms with Gasteiger partial charge in [0.05, 0.1) is 23.9 Å². The second-order valence-corrected chi connectivity index (χ2v) is 16.0. The molecule has 10 atom stereocenters. The standard InChI is InChI=1S/C32H55NO4/c1-27(2)13-9-14-32(8,37-27)20-10-16-31(7)26(20)21(34)18-23-29(5)15-12-24(36-25(35)19-33)28(3,4)22(29)11-17-30(23,31)6/h20-24,26,34H,9-19,33H2,1-8H3/t20-,21+,22-,23+,24-,26-,29-,30+,31+,32+/m0/s1. The fourth-order valence-electron chi connectivity index (χ4n) is 11.7. The molecule has 4 saturated carbocycles. The molecule has 0 aromatic heterocycles. The number of ether oxygens (including phenoxy) is 2. The zero-order chi connectivity index (χ0) is 27.2. The van der Waals surface area contributed by atoms with Gasteiger partial charge in [0.1, 0.15) is 6.10 Å². The van der Waals surface area contributed by atoms with E-state index in [0.717, 1.165) is 44.9 Å². The second kappa shape index (κ2) is 8.67. The van der Waals surface area contributed by atoms with E-state index in [1.807, 2.05) is 0 Å². The van der Waals surface area contributed by atoms with Gasteiger partial charge in [-0.15, -0.1) is 0 Å². The molecule has 0 spiro atoms. The predicted molar refractivity (Wildman–Crippen MR) is 147 cm³/mol. The molecule has 4 aliphatic carbocycles. The second-order valence-electron chi connectivity index (χ2n) is 16.0. The van der Waals surface area contributed by atoms with Gasteiger partial charge in [-0.3, -0.25) is 4.79 Å². The maximum atomic E-state index is 12.1. The fraction of sp³-hybridized carbons (Fsp3) is 0.969. The minimum absolute atomic E-state index is 0.0534. The molecule has 37 heavy (non-hydrogen) atoms. The number of nitrogens with two attached hydrogens (primary N) is 1. The smallest absolute Gasteiger partial charge is 0.319 e. The lowest BCUT2D eigenvalue weighted by Gasteiger charge is -2.70. The molecule has 1 heterocycles. The largest absolute Gasteiger partial charge is 0.461 e. The molecule has 0 radical (unpaired) electrons. The number of hydrogen-bond donors (Lipinski definition) is 2. The molecule has 212 valence electrons. The Labute approximate surface area is 226 Å². The van der Waals surface area contributed by atoms with E-state index < -0.39 is 0 Å². The Morgan fingerprint density at radius 2 is 1.57 bits per heavy atom. The van der Waals surface area contributed by atoms with Crippen molar-refractivity contribution in [2.24, 2.45) is 51.1 Å². The third-order valence-electron chi connectivity index (χ3n) is 13.5. The number of aliphatic hydroxyl groups is 1. The molecule has 1 saturated heterocycles. The third kappa shape index (κ3) is 3.90. The van der Waals surface area contributed by atoms with E-state index in [0.29, 0.717) is 23.7 Å². The van der Waals surface area contributed by atoms with Crippen molar-refractivity contribution in [1.29, 1.82) is 0 Å². The highest BCUT2D eigenvalue weighted by Gasteiger charge is 2.72. The molecule has 5 fully saturated rings. The Kier molecular flexibility index (Phi) is 6.54. The molecule has 1 aliphatic heterocycles. The first-order valence-electron chi connectivity index (χ1n) is 15.3. The number of fused-ring (bicyclic) bond motifs is 5. The molecule has 5 heteroatoms. The van der Waals surface area contributed by atoms with Gasteiger partial charge < -0.3 is 20.3 Å². The minimum atomic E-state index is -0.288. The molecule has 0 amide bonds. The first-order chi connectivity index (χ1) is 17.0. The average Bonchev–Trinajstić information content (AvgIpc) is 3.17. The summed E-state index contributed by atoms with van der Waals surface area (Å²) in [7, 11) is 0. The Hall–Kier alpha value is -0.650. The van der Waals surface area contributed by atoms with Crippen LogP contribution in [0, 0.1) is 45.3 Å². The lowest BCUT2D eigenvalue weighted by atomic mass is 9.35. The number of carbonyl (C=O) groups excluding carboxylic acids is 1. The Morgan fingerprint density at radius 1 is 0.892 bits per heavy atom. The van der Waals surface area contributed by atoms with Crippen LogP contribution < -0.4 is 5.73 Å². The summed E-state index contributed by atoms with van der Waals surface area (Å²) in [6.07, 6.45) is 10.6. The summed E-state index contributed by atoms with van der Waals surface area (Å²) in [6, 6.07) is 0. The first kappa shape index (κ1) is 27.9. The van der Waals surface area contributed by atoms with Gasteiger partial charge in [-0.2, -0.15) is 0 Å². The van der Waals surface area contributed by atoms with Crippen LogP contribution in [0.15, 0.2) is 0 Å². The summed E-state index contributed by atoms with van der Waals surface area (Å²) in [5.74, 6) is 1.35. The van der Waals surface area contributed by atoms with Crippen LogP contribution >= 0.6 is 0 Å². The lowest BCUT2D eigenvalue weighted by Crippen LogP contribution is -2.67. The van der Waals surface area contributed by atoms with Crippen molar-refractivity contribution in [2.45, 2.75) is 143 Å². The van der Waals surface area contributed by atoms with Gasteiger partial charge in [0.25, 0.3) is 0 Å². The lowest BCUT2D eigenvalue weighted by molar-refractivity contribution is -0.258. The molecular weight excluding hydrogens is 462 g/mol. The van der Waals surface area contributed by atoms with Crippen LogP contribution in [-0.2, 0) is 14.3 Å². The Balaban J connectivity index is 1.46. The zero-order valence-electron chi connectivity index (χ0n) is 25.0. The normalized spacial score (nSPS) is 52.5. The molecule has 0 unspecified atom stereocenters. The maximum absolute atomic E-state index is 12.1. The third-order valence-corrected chi connectivity index (χ3v) is 13.5. The van der Waals surface area contributed by atoms with E-state index in [1.165, 1.54) is 19.3 Å². The number of hydrogen-bond acceptors (Lipinski definition) is 5. The van der Waals surface area contributed by atoms with Crippen LogP contribution in [0.2, 0.25) is 0 Å². The highest BCUT2D eigenvalue weighted by molar-refractivity contribution is 5.71. The number of esters is 1. The van der Waals surface area contributed by atoms with Gasteiger partial charge in [-0.1, -0.05) is 34.6 Å². The summed E-state index contributed by atoms with van der Waals surface area (Å²) in [6.45, 7) is 19.1. The van der Waals surface area contributed by atoms with Gasteiger partial charge in [-0.25, -0.2) is 0 Å². The van der Waals surface area contributed by atoms with E-state index in [9.17, 15) is 9.90 Å². The summed E-state index contributed by atoms with van der Waals surface area (Å²) in [5, 5.41) is 12.0. The highest BCUT2D eigenvalue weighted by atomic mass is 16.5. The monoisotopic (exact) mass is 517 g/mol. The molecule has 0 bridgehead atoms. The molecule has 5 rings (SSSR count). The Morgan fingerprint density at radius 3 is 2.22 bits per heavy atom. The molecular formula is C32H55NO4. The van der Waals surface area contributed by atoms with Crippen molar-refractivity contribution in [1.82, 2.24) is 0 Å². The van der Waals surface area contributed by atoms with Crippen LogP contribution in [0.3, 0.4) is 0 Å². The van der Waals surface area contributed by atoms with Gasteiger partial charge in [0.2, 0.25) is 0 Å². The van der Waals surface area contributed by atoms with E-state index in [1.54, 1.807) is 0 Å². The van der Waals surface area contributed by atoms with Gasteiger partial charge in [0.15, 0.2) is 0 Å². The molecule has 5 nitrogen and oxygen atoms in total. The summed E-state index contributed by atoms with van der Waals surface area (Å²) in [4.78, 5) is 12.1. The van der Waals surface area contributed by atoms with Gasteiger partial charge >= 0.3 is 5.97 Å². The van der Waals surface area contributed by atoms with Crippen LogP contribution in [0.5, 0.6) is 0 Å². The fourth-order valence-corrected chi connectivity index (χ4v) is 11.7. The molecule has 3 N–H and O–H groups in total. The van der Waals surface area contributed by atoms with E-state index in [4.69, 9.17) is 15.2 Å². The van der Waals surface area contributed by atoms with Gasteiger partial charge in [-0.05, 0) is 125 Å². The summed E-state index contributed by atoms with van der Waals surface area (Å²) < 4.78 is 12.8. The van der Waals surface area contributed by atoms with Crippen molar-refractivity contribution in [3.8, 4) is 0 Å². The quantitative estimate of drug-likeness (QED) is 0.432. The zero-order valence-corrected chi connectivity index (χ0v) is 25.0. The van der Waals surface area contributed by atoms with Crippen molar-refractivity contribution >= 4 is 5.97 Å². The molecule has 0 aromatic rings. The SMILES string of the molecule is CC1(C)CCC[C@](C)([C@H]2CC[C@]3(C)[C@@H]2[C@H](O)C[C@@H]2[C@@]4(C)CC[C@H](OC(=O)CN)C(C)(C)[C@@H]4CC[C@]23C)O1. The van der Waals surface area contributed by atoms with Crippen molar-refractivity contribution in [3.63, 3.8) is 0 Å². The number of carbonyl (C=O) groups is 1. The highest BCUT2D eigenvalue weighted by Crippen LogP contribution is 2.76. The summed E-state index contributed by atoms with van der Waals surface area (Å²) >= 11 is 0. The van der Waals surface area contributed by atoms with Crippen LogP contribution in [0.4, 0.5) is 0 Å². The molecule has 0 aromatic carbocycles.